The number of isocyanates is 1. The average Bonchev–Trinajstić information content (AvgIpc) is 2.88. The Morgan fingerprint density at radius 2 is 1.71 bits per heavy atom. The van der Waals surface area contributed by atoms with Gasteiger partial charge in [-0.2, -0.15) is 0 Å². The maximum absolute atomic E-state index is 12.7. The van der Waals surface area contributed by atoms with E-state index in [1.807, 2.05) is 19.6 Å². The van der Waals surface area contributed by atoms with Crippen LogP contribution >= 0.6 is 0 Å². The topological polar surface area (TPSA) is 175 Å². The maximum Gasteiger partial charge on any atom is 0.312 e. The molecule has 12 nitrogen and oxygen atoms in total. The largest absolute Gasteiger partial charge is 0.488 e. The highest BCUT2D eigenvalue weighted by molar-refractivity contribution is 6.74. The van der Waals surface area contributed by atoms with Crippen molar-refractivity contribution in [3.05, 3.63) is 12.0 Å². The van der Waals surface area contributed by atoms with Crippen molar-refractivity contribution in [1.82, 2.24) is 20.9 Å². The molecule has 1 fully saturated rings. The van der Waals surface area contributed by atoms with Gasteiger partial charge in [0.05, 0.1) is 0 Å². The molecule has 4 atom stereocenters. The number of amides is 4. The monoisotopic (exact) mass is 514 g/mol. The number of rotatable bonds is 8. The zero-order valence-corrected chi connectivity index (χ0v) is 23.5. The number of ether oxygens (including phenoxy) is 1. The van der Waals surface area contributed by atoms with E-state index >= 15 is 0 Å². The zero-order chi connectivity index (χ0) is 27.8. The zero-order valence-electron chi connectivity index (χ0n) is 22.5. The van der Waals surface area contributed by atoms with Crippen LogP contribution in [0.15, 0.2) is 16.6 Å². The predicted octanol–water partition coefficient (Wildman–Crippen LogP) is 0.543. The maximum atomic E-state index is 12.7. The molecular weight excluding hydrogens is 472 g/mol. The molecule has 0 aromatic rings. The van der Waals surface area contributed by atoms with Crippen LogP contribution in [0.1, 0.15) is 41.0 Å². The molecule has 4 amide bonds. The van der Waals surface area contributed by atoms with E-state index in [-0.39, 0.29) is 12.5 Å². The number of nitrogens with two attached hydrogens (primary N) is 1. The Morgan fingerprint density at radius 1 is 1.17 bits per heavy atom. The van der Waals surface area contributed by atoms with Crippen LogP contribution in [0.4, 0.5) is 4.79 Å². The molecule has 1 aliphatic rings. The Kier molecular flexibility index (Phi) is 11.8. The van der Waals surface area contributed by atoms with Gasteiger partial charge in [0.25, 0.3) is 0 Å². The number of primary amides is 1. The lowest BCUT2D eigenvalue weighted by Gasteiger charge is -2.30. The summed E-state index contributed by atoms with van der Waals surface area (Å²) < 4.78 is 9.29. The van der Waals surface area contributed by atoms with Gasteiger partial charge >= 0.3 is 6.03 Å². The molecule has 0 aromatic heterocycles. The number of carbonyl (C=O) groups excluding carboxylic acids is 4. The van der Waals surface area contributed by atoms with Crippen molar-refractivity contribution in [2.24, 2.45) is 10.4 Å². The van der Waals surface area contributed by atoms with Crippen molar-refractivity contribution in [1.29, 1.82) is 0 Å². The van der Waals surface area contributed by atoms with E-state index in [9.17, 15) is 24.3 Å². The molecule has 35 heavy (non-hydrogen) atoms. The Hall–Kier alpha value is -2.73. The highest BCUT2D eigenvalue weighted by atomic mass is 28.3. The van der Waals surface area contributed by atoms with Crippen LogP contribution in [-0.4, -0.2) is 85.6 Å². The van der Waals surface area contributed by atoms with E-state index in [2.05, 4.69) is 20.6 Å². The molecule has 13 heteroatoms. The Bertz CT molecular complexity index is 828. The van der Waals surface area contributed by atoms with Crippen LogP contribution in [0.2, 0.25) is 19.6 Å². The quantitative estimate of drug-likeness (QED) is 0.178. The first-order valence-corrected chi connectivity index (χ1v) is 14.7. The Labute approximate surface area is 208 Å². The van der Waals surface area contributed by atoms with Gasteiger partial charge in [0.15, 0.2) is 8.24 Å². The summed E-state index contributed by atoms with van der Waals surface area (Å²) in [5.74, 6) is -0.558. The van der Waals surface area contributed by atoms with Crippen molar-refractivity contribution in [2.45, 2.75) is 90.0 Å². The molecule has 0 radical (unpaired) electrons. The van der Waals surface area contributed by atoms with E-state index in [4.69, 9.17) is 10.5 Å². The third kappa shape index (κ3) is 11.0. The number of urea groups is 1. The fourth-order valence-electron chi connectivity index (χ4n) is 2.75. The molecule has 4 unspecified atom stereocenters. The molecule has 200 valence electrons. The smallest absolute Gasteiger partial charge is 0.312 e. The van der Waals surface area contributed by atoms with Gasteiger partial charge in [0.2, 0.25) is 17.9 Å². The number of carbonyl (C=O) groups is 3. The second-order valence-corrected chi connectivity index (χ2v) is 15.0. The summed E-state index contributed by atoms with van der Waals surface area (Å²) in [6.07, 6.45) is 3.20. The van der Waals surface area contributed by atoms with Gasteiger partial charge in [-0.25, -0.2) is 14.2 Å². The Morgan fingerprint density at radius 3 is 2.06 bits per heavy atom. The van der Waals surface area contributed by atoms with E-state index in [1.54, 1.807) is 52.8 Å². The lowest BCUT2D eigenvalue weighted by atomic mass is 9.87. The van der Waals surface area contributed by atoms with Gasteiger partial charge in [-0.3, -0.25) is 9.59 Å². The summed E-state index contributed by atoms with van der Waals surface area (Å²) in [5, 5.41) is 17.9. The number of aliphatic hydroxyl groups is 1. The van der Waals surface area contributed by atoms with Crippen LogP contribution in [0.5, 0.6) is 0 Å². The third-order valence-electron chi connectivity index (χ3n) is 5.59. The van der Waals surface area contributed by atoms with Crippen LogP contribution in [-0.2, 0) is 19.1 Å². The van der Waals surface area contributed by atoms with Gasteiger partial charge < -0.3 is 36.4 Å². The van der Waals surface area contributed by atoms with Gasteiger partial charge in [-0.1, -0.05) is 0 Å². The second-order valence-electron chi connectivity index (χ2n) is 10.5. The molecular formula is C22H42N6O6Si. The van der Waals surface area contributed by atoms with Crippen LogP contribution in [0.3, 0.4) is 0 Å². The first kappa shape index (κ1) is 32.3. The molecule has 0 aromatic carbocycles. The molecule has 0 bridgehead atoms. The highest BCUT2D eigenvalue weighted by Crippen LogP contribution is 2.40. The summed E-state index contributed by atoms with van der Waals surface area (Å²) in [6, 6.07) is -2.96. The SMILES string of the molecule is CC(NC(N)=O)C(=O)NC(C(=O)N/C=C1/CC(C)(O)C(C)(C)O1)C(C)N(C)C.C[Si](C)(C)N=C=O. The molecule has 1 saturated heterocycles. The Balaban J connectivity index is 0.00000143. The number of likely N-dealkylation sites (N-methyl/N-ethyl adjacent to an activating group) is 1. The number of hydrogen-bond acceptors (Lipinski definition) is 8. The van der Waals surface area contributed by atoms with Crippen molar-refractivity contribution in [3.8, 4) is 0 Å². The standard InChI is InChI=1S/C18H33N5O5.C4H9NOSi/c1-10(21-16(19)26)14(24)22-13(11(2)23(6)7)15(25)20-9-12-8-18(5,27)17(3,4)28-12;1-7(2,3)5-4-6/h9-11,13,27H,8H2,1-7H3,(H,20,25)(H,22,24)(H3,19,21,26);1-3H3/b12-9-;. The van der Waals surface area contributed by atoms with E-state index < -0.39 is 49.4 Å². The van der Waals surface area contributed by atoms with Crippen LogP contribution in [0.25, 0.3) is 0 Å². The van der Waals surface area contributed by atoms with Crippen LogP contribution < -0.4 is 21.7 Å². The minimum absolute atomic E-state index is 0.250. The van der Waals surface area contributed by atoms with E-state index in [1.165, 1.54) is 13.1 Å². The molecule has 0 spiro atoms. The summed E-state index contributed by atoms with van der Waals surface area (Å²) in [5.41, 5.74) is 3.18. The molecule has 6 N–H and O–H groups in total. The number of nitrogens with one attached hydrogen (secondary N) is 3. The van der Waals surface area contributed by atoms with E-state index in [0.717, 1.165) is 0 Å². The average molecular weight is 515 g/mol. The van der Waals surface area contributed by atoms with Crippen molar-refractivity contribution < 1.29 is 29.0 Å². The van der Waals surface area contributed by atoms with Crippen molar-refractivity contribution >= 4 is 32.2 Å². The lowest BCUT2D eigenvalue weighted by molar-refractivity contribution is -0.130. The predicted molar refractivity (Wildman–Crippen MR) is 135 cm³/mol. The summed E-state index contributed by atoms with van der Waals surface area (Å²) >= 11 is 0. The fourth-order valence-corrected chi connectivity index (χ4v) is 3.02. The molecule has 0 aliphatic carbocycles. The number of hydrogen-bond donors (Lipinski definition) is 5. The van der Waals surface area contributed by atoms with Gasteiger partial charge in [-0.05, 0) is 68.4 Å². The summed E-state index contributed by atoms with van der Waals surface area (Å²) in [7, 11) is 2.10. The second kappa shape index (κ2) is 12.8. The third-order valence-corrected chi connectivity index (χ3v) is 6.35. The normalized spacial score (nSPS) is 22.5. The summed E-state index contributed by atoms with van der Waals surface area (Å²) in [6.45, 7) is 14.4. The minimum atomic E-state index is -1.46. The highest BCUT2D eigenvalue weighted by Gasteiger charge is 2.48. The summed E-state index contributed by atoms with van der Waals surface area (Å²) in [4.78, 5) is 47.3. The molecule has 1 heterocycles. The fraction of sp³-hybridized carbons (Fsp3) is 0.727. The van der Waals surface area contributed by atoms with Crippen molar-refractivity contribution in [3.63, 3.8) is 0 Å². The first-order valence-electron chi connectivity index (χ1n) is 11.3. The minimum Gasteiger partial charge on any atom is -0.488 e. The van der Waals surface area contributed by atoms with Crippen LogP contribution in [0, 0.1) is 0 Å². The number of nitrogens with zero attached hydrogens (tertiary/aromatic N) is 2. The van der Waals surface area contributed by atoms with Crippen molar-refractivity contribution in [2.75, 3.05) is 14.1 Å². The molecule has 1 rings (SSSR count). The van der Waals surface area contributed by atoms with E-state index in [0.29, 0.717) is 5.76 Å². The van der Waals surface area contributed by atoms with Gasteiger partial charge in [0.1, 0.15) is 29.0 Å². The van der Waals surface area contributed by atoms with Gasteiger partial charge in [-0.15, -0.1) is 0 Å². The lowest BCUT2D eigenvalue weighted by Crippen LogP contribution is -2.59. The molecule has 1 aliphatic heterocycles. The first-order chi connectivity index (χ1) is 15.7. The van der Waals surface area contributed by atoms with Gasteiger partial charge in [0, 0.05) is 18.7 Å². The molecule has 0 saturated carbocycles.